The van der Waals surface area contributed by atoms with E-state index < -0.39 is 13.4 Å². The second-order valence-electron chi connectivity index (χ2n) is 3.17. The number of aryl methyl sites for hydroxylation is 2. The molecule has 1 aromatic rings. The van der Waals surface area contributed by atoms with E-state index in [0.717, 1.165) is 6.54 Å². The zero-order valence-electron chi connectivity index (χ0n) is 10.2. The van der Waals surface area contributed by atoms with Crippen molar-refractivity contribution in [3.05, 3.63) is 18.7 Å². The Morgan fingerprint density at radius 1 is 1.06 bits per heavy atom. The molecule has 0 bridgehead atoms. The lowest BCUT2D eigenvalue weighted by molar-refractivity contribution is -0.671. The molecule has 0 atom stereocenters. The van der Waals surface area contributed by atoms with E-state index in [0.29, 0.717) is 0 Å². The molecule has 0 aromatic carbocycles. The first kappa shape index (κ1) is 19.1. The third-order valence-electron chi connectivity index (χ3n) is 1.59. The largest absolute Gasteiger partial charge is 0.379 e. The van der Waals surface area contributed by atoms with Gasteiger partial charge in [-0.25, -0.2) is 9.13 Å². The first-order chi connectivity index (χ1) is 8.29. The van der Waals surface area contributed by atoms with Crippen molar-refractivity contribution in [2.45, 2.75) is 39.7 Å². The average molecular weight is 279 g/mol. The molecule has 0 aliphatic heterocycles. The molecule has 1 heterocycles. The summed E-state index contributed by atoms with van der Waals surface area (Å²) in [5, 5.41) is 0. The smallest absolute Gasteiger partial charge is 0.240 e. The number of unbranched alkanes of at least 4 members (excludes halogenated alkanes) is 1. The number of alkyl halides is 6. The van der Waals surface area contributed by atoms with Crippen LogP contribution in [0.15, 0.2) is 18.7 Å². The standard InChI is InChI=1S/C8H15N2.2CHF3/c1-3-4-5-10-7-6-9(2)8-10;2*2-1(3)4/h6-8H,3-5H2,1-2H3;2*1H/q+1;;. The Labute approximate surface area is 102 Å². The van der Waals surface area contributed by atoms with Crippen molar-refractivity contribution in [1.82, 2.24) is 4.57 Å². The Morgan fingerprint density at radius 2 is 1.50 bits per heavy atom. The molecule has 1 aromatic heterocycles. The average Bonchev–Trinajstić information content (AvgIpc) is 2.59. The molecule has 2 nitrogen and oxygen atoms in total. The molecule has 18 heavy (non-hydrogen) atoms. The molecule has 0 radical (unpaired) electrons. The molecular weight excluding hydrogens is 262 g/mol. The van der Waals surface area contributed by atoms with Crippen molar-refractivity contribution >= 4 is 0 Å². The third-order valence-corrected chi connectivity index (χ3v) is 1.59. The highest BCUT2D eigenvalue weighted by Gasteiger charge is 1.96. The Hall–Kier alpha value is -1.21. The zero-order valence-corrected chi connectivity index (χ0v) is 10.2. The van der Waals surface area contributed by atoms with Crippen molar-refractivity contribution in [2.24, 2.45) is 7.05 Å². The van der Waals surface area contributed by atoms with Crippen LogP contribution in [0.4, 0.5) is 26.3 Å². The van der Waals surface area contributed by atoms with Gasteiger partial charge in [-0.3, -0.25) is 0 Å². The number of nitrogens with zero attached hydrogens (tertiary/aromatic N) is 2. The summed E-state index contributed by atoms with van der Waals surface area (Å²) in [4.78, 5) is 0. The van der Waals surface area contributed by atoms with Crippen LogP contribution < -0.4 is 4.57 Å². The number of rotatable bonds is 3. The van der Waals surface area contributed by atoms with Gasteiger partial charge in [0, 0.05) is 0 Å². The lowest BCUT2D eigenvalue weighted by atomic mass is 10.3. The Bertz CT molecular complexity index is 266. The molecule has 0 aliphatic rings. The summed E-state index contributed by atoms with van der Waals surface area (Å²) in [6.45, 7) is -3.97. The molecule has 0 spiro atoms. The van der Waals surface area contributed by atoms with Crippen LogP contribution in [0.1, 0.15) is 19.8 Å². The minimum Gasteiger partial charge on any atom is -0.240 e. The number of aromatic nitrogens is 2. The molecule has 8 heteroatoms. The first-order valence-corrected chi connectivity index (χ1v) is 5.15. The number of halogens is 6. The van der Waals surface area contributed by atoms with Crippen molar-refractivity contribution in [1.29, 1.82) is 0 Å². The molecule has 0 fully saturated rings. The molecule has 0 aliphatic carbocycles. The topological polar surface area (TPSA) is 8.81 Å². The Balaban J connectivity index is 0. The van der Waals surface area contributed by atoms with Crippen LogP contribution in [-0.2, 0) is 13.6 Å². The third kappa shape index (κ3) is 20.2. The highest BCUT2D eigenvalue weighted by atomic mass is 19.4. The van der Waals surface area contributed by atoms with Crippen molar-refractivity contribution in [3.63, 3.8) is 0 Å². The molecule has 1 rings (SSSR count). The maximum Gasteiger partial charge on any atom is 0.379 e. The van der Waals surface area contributed by atoms with Gasteiger partial charge in [-0.05, 0) is 6.42 Å². The highest BCUT2D eigenvalue weighted by molar-refractivity contribution is 4.65. The van der Waals surface area contributed by atoms with E-state index in [4.69, 9.17) is 0 Å². The van der Waals surface area contributed by atoms with Gasteiger partial charge in [0.2, 0.25) is 6.33 Å². The summed E-state index contributed by atoms with van der Waals surface area (Å²) >= 11 is 0. The Morgan fingerprint density at radius 3 is 1.78 bits per heavy atom. The van der Waals surface area contributed by atoms with Gasteiger partial charge in [0.1, 0.15) is 12.4 Å². The fraction of sp³-hybridized carbons (Fsp3) is 0.700. The van der Waals surface area contributed by atoms with Crippen molar-refractivity contribution in [2.75, 3.05) is 0 Å². The predicted octanol–water partition coefficient (Wildman–Crippen LogP) is 3.47. The highest BCUT2D eigenvalue weighted by Crippen LogP contribution is 1.91. The molecule has 0 amide bonds. The van der Waals surface area contributed by atoms with Crippen molar-refractivity contribution in [3.8, 4) is 0 Å². The maximum atomic E-state index is 9.67. The van der Waals surface area contributed by atoms with Gasteiger partial charge in [-0.2, -0.15) is 26.3 Å². The first-order valence-electron chi connectivity index (χ1n) is 5.15. The van der Waals surface area contributed by atoms with E-state index in [9.17, 15) is 26.3 Å². The van der Waals surface area contributed by atoms with Gasteiger partial charge in [-0.15, -0.1) is 0 Å². The summed E-state index contributed by atoms with van der Waals surface area (Å²) in [5.74, 6) is 0. The fourth-order valence-corrected chi connectivity index (χ4v) is 0.975. The summed E-state index contributed by atoms with van der Waals surface area (Å²) < 4.78 is 62.3. The van der Waals surface area contributed by atoms with Gasteiger partial charge < -0.3 is 0 Å². The van der Waals surface area contributed by atoms with E-state index in [2.05, 4.69) is 34.8 Å². The van der Waals surface area contributed by atoms with E-state index in [1.165, 1.54) is 12.8 Å². The van der Waals surface area contributed by atoms with E-state index >= 15 is 0 Å². The van der Waals surface area contributed by atoms with Crippen LogP contribution in [0, 0.1) is 0 Å². The number of imidazole rings is 1. The van der Waals surface area contributed by atoms with Gasteiger partial charge in [-0.1, -0.05) is 13.3 Å². The normalized spacial score (nSPS) is 9.67. The van der Waals surface area contributed by atoms with Gasteiger partial charge in [0.25, 0.3) is 0 Å². The maximum absolute atomic E-state index is 9.67. The molecule has 0 saturated heterocycles. The molecular formula is C10H17F6N2+. The summed E-state index contributed by atoms with van der Waals surface area (Å²) in [5.41, 5.74) is 0. The lowest BCUT2D eigenvalue weighted by Crippen LogP contribution is -2.23. The molecule has 0 N–H and O–H groups in total. The van der Waals surface area contributed by atoms with Crippen LogP contribution in [0.25, 0.3) is 0 Å². The minimum atomic E-state index is -3.67. The number of hydrogen-bond acceptors (Lipinski definition) is 0. The fourth-order valence-electron chi connectivity index (χ4n) is 0.975. The van der Waals surface area contributed by atoms with Crippen LogP contribution in [0.5, 0.6) is 0 Å². The molecule has 0 unspecified atom stereocenters. The second kappa shape index (κ2) is 12.3. The van der Waals surface area contributed by atoms with E-state index in [1.54, 1.807) is 0 Å². The van der Waals surface area contributed by atoms with Crippen LogP contribution in [0.3, 0.4) is 0 Å². The van der Waals surface area contributed by atoms with Crippen LogP contribution in [-0.4, -0.2) is 17.9 Å². The minimum absolute atomic E-state index is 1.15. The molecule has 108 valence electrons. The predicted molar refractivity (Wildman–Crippen MR) is 54.7 cm³/mol. The van der Waals surface area contributed by atoms with Gasteiger partial charge in [0.05, 0.1) is 13.6 Å². The van der Waals surface area contributed by atoms with Crippen LogP contribution >= 0.6 is 0 Å². The SMILES string of the molecule is CCCCn1cc[n+](C)c1.FC(F)F.FC(F)F. The Kier molecular flexibility index (Phi) is 13.0. The lowest BCUT2D eigenvalue weighted by Gasteiger charge is -1.90. The van der Waals surface area contributed by atoms with Gasteiger partial charge >= 0.3 is 13.4 Å². The summed E-state index contributed by atoms with van der Waals surface area (Å²) in [7, 11) is 2.04. The van der Waals surface area contributed by atoms with E-state index in [-0.39, 0.29) is 0 Å². The summed E-state index contributed by atoms with van der Waals surface area (Å²) in [6.07, 6.45) is 8.82. The summed E-state index contributed by atoms with van der Waals surface area (Å²) in [6, 6.07) is 0. The van der Waals surface area contributed by atoms with Crippen molar-refractivity contribution < 1.29 is 30.9 Å². The number of hydrogen-bond donors (Lipinski definition) is 0. The second-order valence-corrected chi connectivity index (χ2v) is 3.17. The quantitative estimate of drug-likeness (QED) is 0.592. The zero-order chi connectivity index (χ0) is 14.6. The van der Waals surface area contributed by atoms with Gasteiger partial charge in [0.15, 0.2) is 0 Å². The van der Waals surface area contributed by atoms with E-state index in [1.807, 2.05) is 7.05 Å². The molecule has 0 saturated carbocycles. The monoisotopic (exact) mass is 279 g/mol. The van der Waals surface area contributed by atoms with Crippen LogP contribution in [0.2, 0.25) is 0 Å².